The van der Waals surface area contributed by atoms with Crippen molar-refractivity contribution in [3.8, 4) is 11.1 Å². The van der Waals surface area contributed by atoms with Gasteiger partial charge in [-0.3, -0.25) is 4.79 Å². The Balaban J connectivity index is 2.05. The summed E-state index contributed by atoms with van der Waals surface area (Å²) in [4.78, 5) is 14.1. The summed E-state index contributed by atoms with van der Waals surface area (Å²) >= 11 is 0. The van der Waals surface area contributed by atoms with Crippen LogP contribution in [0.4, 0.5) is 0 Å². The van der Waals surface area contributed by atoms with Gasteiger partial charge in [0.1, 0.15) is 6.04 Å². The Morgan fingerprint density at radius 3 is 2.77 bits per heavy atom. The summed E-state index contributed by atoms with van der Waals surface area (Å²) in [5, 5.41) is 10.0. The molecule has 0 spiro atoms. The third-order valence-corrected chi connectivity index (χ3v) is 3.98. The van der Waals surface area contributed by atoms with Crippen molar-refractivity contribution in [1.82, 2.24) is 4.98 Å². The first-order valence-corrected chi connectivity index (χ1v) is 7.20. The summed E-state index contributed by atoms with van der Waals surface area (Å²) in [5.41, 5.74) is 11.1. The lowest BCUT2D eigenvalue weighted by Crippen LogP contribution is -2.32. The molecule has 0 saturated carbocycles. The highest BCUT2D eigenvalue weighted by Gasteiger charge is 2.15. The van der Waals surface area contributed by atoms with E-state index in [1.54, 1.807) is 0 Å². The number of nitrogens with two attached hydrogens (primary N) is 1. The molecule has 4 N–H and O–H groups in total. The predicted octanol–water partition coefficient (Wildman–Crippen LogP) is 3.10. The van der Waals surface area contributed by atoms with Crippen LogP contribution in [0.15, 0.2) is 48.7 Å². The molecule has 0 amide bonds. The van der Waals surface area contributed by atoms with Crippen LogP contribution in [0, 0.1) is 6.92 Å². The summed E-state index contributed by atoms with van der Waals surface area (Å²) in [6.07, 6.45) is 2.15. The van der Waals surface area contributed by atoms with Crippen LogP contribution >= 0.6 is 0 Å². The van der Waals surface area contributed by atoms with Crippen LogP contribution < -0.4 is 5.73 Å². The van der Waals surface area contributed by atoms with Gasteiger partial charge in [-0.25, -0.2) is 0 Å². The fourth-order valence-corrected chi connectivity index (χ4v) is 2.74. The number of aliphatic carboxylic acids is 1. The van der Waals surface area contributed by atoms with Crippen LogP contribution in [0.2, 0.25) is 0 Å². The van der Waals surface area contributed by atoms with Gasteiger partial charge in [-0.05, 0) is 41.3 Å². The normalized spacial score (nSPS) is 12.5. The number of H-pyrrole nitrogens is 1. The molecule has 112 valence electrons. The molecule has 0 saturated heterocycles. The summed E-state index contributed by atoms with van der Waals surface area (Å²) in [5.74, 6) is -0.982. The fourth-order valence-electron chi connectivity index (χ4n) is 2.74. The number of hydrogen-bond acceptors (Lipinski definition) is 2. The Labute approximate surface area is 128 Å². The van der Waals surface area contributed by atoms with E-state index in [1.165, 1.54) is 11.1 Å². The number of fused-ring (bicyclic) bond motifs is 1. The van der Waals surface area contributed by atoms with Gasteiger partial charge < -0.3 is 15.8 Å². The lowest BCUT2D eigenvalue weighted by molar-refractivity contribution is -0.138. The smallest absolute Gasteiger partial charge is 0.320 e. The zero-order chi connectivity index (χ0) is 15.7. The molecule has 0 fully saturated rings. The first-order valence-electron chi connectivity index (χ1n) is 7.20. The maximum atomic E-state index is 11.0. The summed E-state index contributed by atoms with van der Waals surface area (Å²) in [6, 6.07) is 13.5. The summed E-state index contributed by atoms with van der Waals surface area (Å²) < 4.78 is 0. The summed E-state index contributed by atoms with van der Waals surface area (Å²) in [6.45, 7) is 2.08. The minimum atomic E-state index is -0.982. The van der Waals surface area contributed by atoms with Gasteiger partial charge in [0, 0.05) is 23.5 Å². The van der Waals surface area contributed by atoms with Gasteiger partial charge in [-0.1, -0.05) is 30.3 Å². The molecule has 3 aromatic rings. The second-order valence-corrected chi connectivity index (χ2v) is 5.54. The molecule has 4 heteroatoms. The molecule has 2 aromatic carbocycles. The van der Waals surface area contributed by atoms with Crippen LogP contribution in [0.5, 0.6) is 0 Å². The van der Waals surface area contributed by atoms with Gasteiger partial charge in [0.05, 0.1) is 0 Å². The number of hydrogen-bond donors (Lipinski definition) is 3. The Hall–Kier alpha value is -2.59. The van der Waals surface area contributed by atoms with Crippen LogP contribution in [-0.2, 0) is 11.2 Å². The minimum absolute atomic E-state index is 0.312. The number of rotatable bonds is 4. The van der Waals surface area contributed by atoms with Gasteiger partial charge in [-0.15, -0.1) is 0 Å². The van der Waals surface area contributed by atoms with Crippen LogP contribution in [0.1, 0.15) is 11.1 Å². The largest absolute Gasteiger partial charge is 0.480 e. The molecule has 1 heterocycles. The summed E-state index contributed by atoms with van der Waals surface area (Å²) in [7, 11) is 0. The molecule has 0 aliphatic heterocycles. The van der Waals surface area contributed by atoms with Gasteiger partial charge in [0.2, 0.25) is 0 Å². The van der Waals surface area contributed by atoms with Gasteiger partial charge in [0.15, 0.2) is 0 Å². The van der Waals surface area contributed by atoms with E-state index in [2.05, 4.69) is 36.2 Å². The molecule has 0 bridgehead atoms. The van der Waals surface area contributed by atoms with Crippen LogP contribution in [-0.4, -0.2) is 22.1 Å². The quantitative estimate of drug-likeness (QED) is 0.691. The molecule has 1 unspecified atom stereocenters. The molecule has 0 radical (unpaired) electrons. The topological polar surface area (TPSA) is 79.1 Å². The average Bonchev–Trinajstić information content (AvgIpc) is 2.90. The molecule has 3 rings (SSSR count). The van der Waals surface area contributed by atoms with Crippen molar-refractivity contribution < 1.29 is 9.90 Å². The third kappa shape index (κ3) is 2.61. The van der Waals surface area contributed by atoms with Crippen molar-refractivity contribution in [2.75, 3.05) is 0 Å². The number of aryl methyl sites for hydroxylation is 1. The maximum absolute atomic E-state index is 11.0. The van der Waals surface area contributed by atoms with E-state index >= 15 is 0 Å². The van der Waals surface area contributed by atoms with Gasteiger partial charge in [0.25, 0.3) is 0 Å². The number of aromatic amines is 1. The van der Waals surface area contributed by atoms with Crippen LogP contribution in [0.25, 0.3) is 22.0 Å². The molecular formula is C18H18N2O2. The van der Waals surface area contributed by atoms with Crippen molar-refractivity contribution in [1.29, 1.82) is 0 Å². The van der Waals surface area contributed by atoms with Crippen molar-refractivity contribution in [3.05, 3.63) is 59.8 Å². The average molecular weight is 294 g/mol. The Kier molecular flexibility index (Phi) is 3.69. The van der Waals surface area contributed by atoms with E-state index in [0.717, 1.165) is 22.0 Å². The molecule has 1 atom stereocenters. The van der Waals surface area contributed by atoms with E-state index < -0.39 is 12.0 Å². The number of carboxylic acid groups (broad SMARTS) is 1. The zero-order valence-corrected chi connectivity index (χ0v) is 12.3. The standard InChI is InChI=1S/C18H18N2O2/c1-11-4-2-3-5-14(11)12-6-7-17-15(8-12)13(10-20-17)9-16(19)18(21)22/h2-8,10,16,20H,9,19H2,1H3,(H,21,22). The fraction of sp³-hybridized carbons (Fsp3) is 0.167. The minimum Gasteiger partial charge on any atom is -0.480 e. The number of nitrogens with one attached hydrogen (secondary N) is 1. The van der Waals surface area contributed by atoms with Crippen molar-refractivity contribution in [3.63, 3.8) is 0 Å². The Bertz CT molecular complexity index is 836. The number of carbonyl (C=O) groups is 1. The molecule has 4 nitrogen and oxygen atoms in total. The van der Waals surface area contributed by atoms with E-state index in [0.29, 0.717) is 6.42 Å². The zero-order valence-electron chi connectivity index (χ0n) is 12.3. The molecule has 0 aliphatic carbocycles. The maximum Gasteiger partial charge on any atom is 0.320 e. The van der Waals surface area contributed by atoms with Crippen molar-refractivity contribution in [2.45, 2.75) is 19.4 Å². The SMILES string of the molecule is Cc1ccccc1-c1ccc2[nH]cc(CC(N)C(=O)O)c2c1. The van der Waals surface area contributed by atoms with Gasteiger partial charge in [-0.2, -0.15) is 0 Å². The van der Waals surface area contributed by atoms with E-state index in [9.17, 15) is 4.79 Å². The molecular weight excluding hydrogens is 276 g/mol. The number of aromatic nitrogens is 1. The number of benzene rings is 2. The van der Waals surface area contributed by atoms with E-state index in [4.69, 9.17) is 10.8 Å². The lowest BCUT2D eigenvalue weighted by Gasteiger charge is -2.08. The number of carboxylic acids is 1. The Morgan fingerprint density at radius 1 is 1.27 bits per heavy atom. The van der Waals surface area contributed by atoms with E-state index in [1.807, 2.05) is 24.4 Å². The highest BCUT2D eigenvalue weighted by atomic mass is 16.4. The first-order chi connectivity index (χ1) is 10.6. The third-order valence-electron chi connectivity index (χ3n) is 3.98. The second kappa shape index (κ2) is 5.66. The highest BCUT2D eigenvalue weighted by molar-refractivity contribution is 5.89. The first kappa shape index (κ1) is 14.4. The molecule has 0 aliphatic rings. The second-order valence-electron chi connectivity index (χ2n) is 5.54. The molecule has 22 heavy (non-hydrogen) atoms. The van der Waals surface area contributed by atoms with E-state index in [-0.39, 0.29) is 0 Å². The van der Waals surface area contributed by atoms with Crippen LogP contribution in [0.3, 0.4) is 0 Å². The predicted molar refractivity (Wildman–Crippen MR) is 87.8 cm³/mol. The van der Waals surface area contributed by atoms with Gasteiger partial charge >= 0.3 is 5.97 Å². The molecule has 1 aromatic heterocycles. The van der Waals surface area contributed by atoms with Crippen molar-refractivity contribution >= 4 is 16.9 Å². The van der Waals surface area contributed by atoms with Crippen molar-refractivity contribution in [2.24, 2.45) is 5.73 Å². The monoisotopic (exact) mass is 294 g/mol. The Morgan fingerprint density at radius 2 is 2.05 bits per heavy atom. The highest BCUT2D eigenvalue weighted by Crippen LogP contribution is 2.28. The lowest BCUT2D eigenvalue weighted by atomic mass is 9.97.